The van der Waals surface area contributed by atoms with Crippen LogP contribution in [-0.2, 0) is 0 Å². The highest BCUT2D eigenvalue weighted by molar-refractivity contribution is 6.50. The third-order valence-corrected chi connectivity index (χ3v) is 3.92. The Labute approximate surface area is 160 Å². The van der Waals surface area contributed by atoms with Crippen LogP contribution in [0.3, 0.4) is 0 Å². The molecule has 4 aromatic rings. The van der Waals surface area contributed by atoms with E-state index < -0.39 is 7.25 Å². The Morgan fingerprint density at radius 1 is 0.607 bits per heavy atom. The van der Waals surface area contributed by atoms with Crippen LogP contribution in [0.1, 0.15) is 0 Å². The minimum atomic E-state index is -6.00. The summed E-state index contributed by atoms with van der Waals surface area (Å²) in [5, 5.41) is 4.65. The number of nitrogens with zero attached hydrogens (tertiary/aromatic N) is 1. The summed E-state index contributed by atoms with van der Waals surface area (Å²) in [5.41, 5.74) is 4.54. The molecule has 0 radical (unpaired) electrons. The van der Waals surface area contributed by atoms with Crippen LogP contribution in [0, 0.1) is 0 Å². The van der Waals surface area contributed by atoms with Crippen molar-refractivity contribution in [3.63, 3.8) is 0 Å². The smallest absolute Gasteiger partial charge is 0.418 e. The molecule has 0 unspecified atom stereocenters. The van der Waals surface area contributed by atoms with Crippen LogP contribution in [0.2, 0.25) is 0 Å². The van der Waals surface area contributed by atoms with E-state index >= 15 is 0 Å². The number of anilines is 2. The van der Waals surface area contributed by atoms with Gasteiger partial charge in [-0.25, -0.2) is 0 Å². The molecule has 3 aromatic carbocycles. The van der Waals surface area contributed by atoms with E-state index in [1.54, 1.807) is 0 Å². The lowest BCUT2D eigenvalue weighted by Crippen LogP contribution is -2.30. The van der Waals surface area contributed by atoms with Crippen LogP contribution in [-0.4, -0.2) is 7.25 Å². The fourth-order valence-electron chi connectivity index (χ4n) is 2.78. The molecule has 4 rings (SSSR count). The van der Waals surface area contributed by atoms with Crippen molar-refractivity contribution in [1.82, 2.24) is 0 Å². The van der Waals surface area contributed by atoms with Crippen molar-refractivity contribution in [2.45, 2.75) is 0 Å². The van der Waals surface area contributed by atoms with Gasteiger partial charge in [0.05, 0.1) is 0 Å². The summed E-state index contributed by atoms with van der Waals surface area (Å²) >= 11 is 0. The first-order valence-electron chi connectivity index (χ1n) is 8.59. The highest BCUT2D eigenvalue weighted by Crippen LogP contribution is 2.17. The second-order valence-corrected chi connectivity index (χ2v) is 5.97. The number of benzene rings is 3. The summed E-state index contributed by atoms with van der Waals surface area (Å²) in [6.45, 7) is 0. The first-order chi connectivity index (χ1) is 13.4. The van der Waals surface area contributed by atoms with Crippen LogP contribution < -0.4 is 9.88 Å². The van der Waals surface area contributed by atoms with Gasteiger partial charge in [-0.3, -0.25) is 0 Å². The molecule has 0 amide bonds. The molecular formula is C21H17BF4N2. The number of fused-ring (bicyclic) bond motifs is 1. The summed E-state index contributed by atoms with van der Waals surface area (Å²) in [7, 11) is -6.00. The molecule has 142 valence electrons. The molecule has 1 N–H and O–H groups in total. The number of rotatable bonds is 3. The third kappa shape index (κ3) is 5.57. The second kappa shape index (κ2) is 8.56. The standard InChI is InChI=1S/C21H17N2.BF4/c1-2-9-18(10-3-1)22-19-12-14-20(15-13-19)23-16-6-8-17-7-4-5-11-21(17)23;2-1(3,4)5/h1-16,22H;/q+1;-1. The summed E-state index contributed by atoms with van der Waals surface area (Å²) in [6.07, 6.45) is 2.10. The number of pyridine rings is 1. The maximum atomic E-state index is 9.75. The van der Waals surface area contributed by atoms with Gasteiger partial charge in [-0.05, 0) is 36.4 Å². The average molecular weight is 384 g/mol. The minimum absolute atomic E-state index is 1.08. The van der Waals surface area contributed by atoms with Crippen LogP contribution in [0.5, 0.6) is 0 Å². The highest BCUT2D eigenvalue weighted by Gasteiger charge is 2.20. The normalized spacial score (nSPS) is 10.9. The number of hydrogen-bond donors (Lipinski definition) is 1. The molecule has 7 heteroatoms. The predicted molar refractivity (Wildman–Crippen MR) is 105 cm³/mol. The molecule has 0 aliphatic rings. The predicted octanol–water partition coefficient (Wildman–Crippen LogP) is 6.16. The van der Waals surface area contributed by atoms with E-state index in [2.05, 4.69) is 88.9 Å². The highest BCUT2D eigenvalue weighted by atomic mass is 19.5. The van der Waals surface area contributed by atoms with Crippen LogP contribution in [0.15, 0.2) is 97.2 Å². The lowest BCUT2D eigenvalue weighted by atomic mass is 10.2. The lowest BCUT2D eigenvalue weighted by Gasteiger charge is -2.06. The number of nitrogens with one attached hydrogen (secondary N) is 1. The average Bonchev–Trinajstić information content (AvgIpc) is 2.68. The fraction of sp³-hybridized carbons (Fsp3) is 0. The molecule has 0 saturated carbocycles. The molecule has 1 heterocycles. The van der Waals surface area contributed by atoms with Crippen LogP contribution >= 0.6 is 0 Å². The van der Waals surface area contributed by atoms with Crippen molar-refractivity contribution in [3.8, 4) is 5.69 Å². The SMILES string of the molecule is F[B-](F)(F)F.c1ccc(Nc2ccc(-[n+]3cccc4ccccc43)cc2)cc1. The zero-order valence-electron chi connectivity index (χ0n) is 14.8. The molecule has 2 nitrogen and oxygen atoms in total. The molecule has 0 aliphatic carbocycles. The molecule has 0 fully saturated rings. The zero-order valence-corrected chi connectivity index (χ0v) is 14.8. The molecule has 0 saturated heterocycles. The summed E-state index contributed by atoms with van der Waals surface area (Å²) < 4.78 is 41.2. The second-order valence-electron chi connectivity index (χ2n) is 5.97. The zero-order chi connectivity index (χ0) is 20.0. The number of halogens is 4. The summed E-state index contributed by atoms with van der Waals surface area (Å²) in [5.74, 6) is 0. The monoisotopic (exact) mass is 384 g/mol. The Bertz CT molecular complexity index is 1020. The van der Waals surface area contributed by atoms with Crippen molar-refractivity contribution >= 4 is 29.5 Å². The molecular weight excluding hydrogens is 367 g/mol. The third-order valence-electron chi connectivity index (χ3n) is 3.92. The van der Waals surface area contributed by atoms with E-state index in [0.29, 0.717) is 0 Å². The molecule has 28 heavy (non-hydrogen) atoms. The van der Waals surface area contributed by atoms with Crippen molar-refractivity contribution < 1.29 is 21.8 Å². The maximum absolute atomic E-state index is 9.75. The van der Waals surface area contributed by atoms with Crippen molar-refractivity contribution in [3.05, 3.63) is 97.2 Å². The maximum Gasteiger partial charge on any atom is 0.673 e. The van der Waals surface area contributed by atoms with E-state index in [1.165, 1.54) is 10.9 Å². The Morgan fingerprint density at radius 3 is 1.82 bits per heavy atom. The largest absolute Gasteiger partial charge is 0.673 e. The van der Waals surface area contributed by atoms with Crippen LogP contribution in [0.25, 0.3) is 16.6 Å². The van der Waals surface area contributed by atoms with Gasteiger partial charge in [0.25, 0.3) is 0 Å². The van der Waals surface area contributed by atoms with Gasteiger partial charge in [-0.15, -0.1) is 0 Å². The summed E-state index contributed by atoms with van der Waals surface area (Å²) in [6, 6.07) is 31.3. The molecule has 0 atom stereocenters. The quantitative estimate of drug-likeness (QED) is 0.254. The first kappa shape index (κ1) is 19.4. The van der Waals surface area contributed by atoms with Gasteiger partial charge in [0.2, 0.25) is 11.2 Å². The lowest BCUT2D eigenvalue weighted by molar-refractivity contribution is -0.567. The van der Waals surface area contributed by atoms with E-state index in [0.717, 1.165) is 17.1 Å². The van der Waals surface area contributed by atoms with Gasteiger partial charge in [-0.1, -0.05) is 30.3 Å². The molecule has 0 aliphatic heterocycles. The van der Waals surface area contributed by atoms with Crippen molar-refractivity contribution in [1.29, 1.82) is 0 Å². The van der Waals surface area contributed by atoms with Gasteiger partial charge in [0, 0.05) is 41.0 Å². The van der Waals surface area contributed by atoms with Crippen molar-refractivity contribution in [2.75, 3.05) is 5.32 Å². The first-order valence-corrected chi connectivity index (χ1v) is 8.59. The number of para-hydroxylation sites is 2. The van der Waals surface area contributed by atoms with Crippen LogP contribution in [0.4, 0.5) is 28.6 Å². The Morgan fingerprint density at radius 2 is 1.14 bits per heavy atom. The summed E-state index contributed by atoms with van der Waals surface area (Å²) in [4.78, 5) is 0. The van der Waals surface area contributed by atoms with Gasteiger partial charge < -0.3 is 22.6 Å². The van der Waals surface area contributed by atoms with E-state index in [-0.39, 0.29) is 0 Å². The topological polar surface area (TPSA) is 15.9 Å². The van der Waals surface area contributed by atoms with Gasteiger partial charge in [0.15, 0.2) is 6.20 Å². The fourth-order valence-corrected chi connectivity index (χ4v) is 2.78. The molecule has 0 spiro atoms. The van der Waals surface area contributed by atoms with E-state index in [4.69, 9.17) is 0 Å². The number of aromatic nitrogens is 1. The molecule has 0 bridgehead atoms. The minimum Gasteiger partial charge on any atom is -0.418 e. The number of hydrogen-bond acceptors (Lipinski definition) is 1. The molecule has 1 aromatic heterocycles. The van der Waals surface area contributed by atoms with Gasteiger partial charge in [-0.2, -0.15) is 4.57 Å². The van der Waals surface area contributed by atoms with E-state index in [9.17, 15) is 17.3 Å². The Kier molecular flexibility index (Phi) is 5.94. The Balaban J connectivity index is 0.000000403. The Hall–Kier alpha value is -3.35. The van der Waals surface area contributed by atoms with E-state index in [1.807, 2.05) is 18.2 Å². The van der Waals surface area contributed by atoms with Crippen molar-refractivity contribution in [2.24, 2.45) is 0 Å². The van der Waals surface area contributed by atoms with Gasteiger partial charge >= 0.3 is 7.25 Å². The van der Waals surface area contributed by atoms with Gasteiger partial charge in [0.1, 0.15) is 0 Å².